The fraction of sp³-hybridized carbons (Fsp3) is 0.333. The van der Waals surface area contributed by atoms with Crippen LogP contribution in [0.1, 0.15) is 51.5 Å². The van der Waals surface area contributed by atoms with Gasteiger partial charge in [-0.2, -0.15) is 13.2 Å². The first-order chi connectivity index (χ1) is 17.1. The number of allylic oxidation sites excluding steroid dienone is 6. The van der Waals surface area contributed by atoms with Crippen molar-refractivity contribution in [2.45, 2.75) is 57.7 Å². The van der Waals surface area contributed by atoms with E-state index in [1.165, 1.54) is 18.2 Å². The molecule has 5 nitrogen and oxygen atoms in total. The summed E-state index contributed by atoms with van der Waals surface area (Å²) < 4.78 is 43.0. The molecule has 2 N–H and O–H groups in total. The molecule has 0 spiro atoms. The van der Waals surface area contributed by atoms with Gasteiger partial charge < -0.3 is 4.84 Å². The van der Waals surface area contributed by atoms with Crippen molar-refractivity contribution in [3.05, 3.63) is 88.5 Å². The molecule has 0 saturated carbocycles. The molecule has 0 radical (unpaired) electrons. The normalized spacial score (nSPS) is 20.4. The number of carbonyl (C=O) groups is 1. The fourth-order valence-corrected chi connectivity index (χ4v) is 4.16. The Bertz CT molecular complexity index is 1170. The Morgan fingerprint density at radius 1 is 1.33 bits per heavy atom. The van der Waals surface area contributed by atoms with Crippen LogP contribution < -0.4 is 10.9 Å². The van der Waals surface area contributed by atoms with Crippen LogP contribution in [-0.2, 0) is 9.63 Å². The molecule has 0 saturated heterocycles. The molecule has 1 unspecified atom stereocenters. The maximum Gasteiger partial charge on any atom is 0.435 e. The minimum atomic E-state index is -4.74. The molecule has 9 heteroatoms. The van der Waals surface area contributed by atoms with Crippen LogP contribution in [0.4, 0.5) is 18.9 Å². The first-order valence-corrected chi connectivity index (χ1v) is 12.0. The molecule has 1 aromatic carbocycles. The highest BCUT2D eigenvalue weighted by Gasteiger charge is 2.62. The lowest BCUT2D eigenvalue weighted by Gasteiger charge is -2.30. The lowest BCUT2D eigenvalue weighted by atomic mass is 9.85. The molecule has 1 aliphatic heterocycles. The van der Waals surface area contributed by atoms with Gasteiger partial charge in [0.15, 0.2) is 0 Å². The second kappa shape index (κ2) is 11.6. The van der Waals surface area contributed by atoms with Crippen molar-refractivity contribution in [2.24, 2.45) is 5.16 Å². The van der Waals surface area contributed by atoms with Crippen molar-refractivity contribution in [1.82, 2.24) is 5.43 Å². The van der Waals surface area contributed by atoms with Crippen LogP contribution in [0.25, 0.3) is 0 Å². The summed E-state index contributed by atoms with van der Waals surface area (Å²) in [5, 5.41) is 4.09. The lowest BCUT2D eigenvalue weighted by Crippen LogP contribution is -2.46. The molecule has 1 aromatic rings. The average molecular weight is 520 g/mol. The summed E-state index contributed by atoms with van der Waals surface area (Å²) >= 11 is 6.25. The predicted octanol–water partition coefficient (Wildman–Crippen LogP) is 7.34. The maximum atomic E-state index is 14.3. The molecule has 192 valence electrons. The molecular formula is C27H29ClF3N3O2. The monoisotopic (exact) mass is 519 g/mol. The summed E-state index contributed by atoms with van der Waals surface area (Å²) in [6.45, 7) is 7.20. The number of carbonyl (C=O) groups excluding carboxylic acids is 1. The Hall–Kier alpha value is -3.26. The van der Waals surface area contributed by atoms with Crippen molar-refractivity contribution < 1.29 is 22.8 Å². The highest BCUT2D eigenvalue weighted by molar-refractivity contribution is 6.33. The zero-order valence-electron chi connectivity index (χ0n) is 20.2. The van der Waals surface area contributed by atoms with Crippen LogP contribution in [0.2, 0.25) is 5.02 Å². The number of oxime groups is 1. The molecule has 1 aliphatic carbocycles. The van der Waals surface area contributed by atoms with E-state index in [9.17, 15) is 18.0 Å². The Kier molecular flexibility index (Phi) is 8.84. The highest BCUT2D eigenvalue weighted by Crippen LogP contribution is 2.47. The van der Waals surface area contributed by atoms with Gasteiger partial charge in [0.25, 0.3) is 5.60 Å². The standard InChI is InChI=1S/C27H29ClF3N3O2/c1-4-9-18(3)14-21(5-2)26(27(29,30)31)17-24(34-36-26)20-12-13-22(28)23(16-20)32-33-25(35)15-19-10-7-6-8-11-19/h5,7,9-14,16,32H,2,4,6,8,15,17H2,1,3H3,(H,33,35)/b18-9-,21-14?. The van der Waals surface area contributed by atoms with Crippen molar-refractivity contribution >= 4 is 28.9 Å². The minimum absolute atomic E-state index is 0.0979. The zero-order valence-corrected chi connectivity index (χ0v) is 21.0. The summed E-state index contributed by atoms with van der Waals surface area (Å²) in [5.41, 5.74) is 4.93. The smallest absolute Gasteiger partial charge is 0.374 e. The van der Waals surface area contributed by atoms with Gasteiger partial charge in [0.1, 0.15) is 0 Å². The van der Waals surface area contributed by atoms with E-state index in [0.29, 0.717) is 23.2 Å². The largest absolute Gasteiger partial charge is 0.435 e. The van der Waals surface area contributed by atoms with E-state index >= 15 is 0 Å². The first-order valence-electron chi connectivity index (χ1n) is 11.6. The minimum Gasteiger partial charge on any atom is -0.374 e. The van der Waals surface area contributed by atoms with Gasteiger partial charge in [0, 0.05) is 17.6 Å². The molecule has 0 aromatic heterocycles. The van der Waals surface area contributed by atoms with Crippen LogP contribution in [0.15, 0.2) is 83.1 Å². The number of hydrogen-bond donors (Lipinski definition) is 2. The molecule has 1 heterocycles. The number of benzene rings is 1. The van der Waals surface area contributed by atoms with E-state index in [1.54, 1.807) is 13.0 Å². The van der Waals surface area contributed by atoms with Gasteiger partial charge in [-0.05, 0) is 43.9 Å². The number of alkyl halides is 3. The van der Waals surface area contributed by atoms with Gasteiger partial charge in [0.2, 0.25) is 5.91 Å². The molecule has 3 rings (SSSR count). The van der Waals surface area contributed by atoms with Crippen molar-refractivity contribution in [3.63, 3.8) is 0 Å². The predicted molar refractivity (Wildman–Crippen MR) is 138 cm³/mol. The van der Waals surface area contributed by atoms with E-state index in [0.717, 1.165) is 24.5 Å². The second-order valence-corrected chi connectivity index (χ2v) is 9.00. The summed E-state index contributed by atoms with van der Waals surface area (Å²) in [7, 11) is 0. The van der Waals surface area contributed by atoms with Gasteiger partial charge in [-0.25, -0.2) is 0 Å². The molecule has 36 heavy (non-hydrogen) atoms. The Labute approximate surface area is 214 Å². The van der Waals surface area contributed by atoms with E-state index in [2.05, 4.69) is 22.6 Å². The topological polar surface area (TPSA) is 62.7 Å². The number of anilines is 1. The van der Waals surface area contributed by atoms with E-state index in [1.807, 2.05) is 31.2 Å². The van der Waals surface area contributed by atoms with Crippen molar-refractivity contribution in [1.29, 1.82) is 0 Å². The number of rotatable bonds is 9. The van der Waals surface area contributed by atoms with Gasteiger partial charge >= 0.3 is 6.18 Å². The van der Waals surface area contributed by atoms with Crippen molar-refractivity contribution in [2.75, 3.05) is 5.43 Å². The number of hydrogen-bond acceptors (Lipinski definition) is 4. The Morgan fingerprint density at radius 3 is 2.75 bits per heavy atom. The fourth-order valence-electron chi connectivity index (χ4n) is 3.99. The van der Waals surface area contributed by atoms with Crippen LogP contribution in [0.5, 0.6) is 0 Å². The summed E-state index contributed by atoms with van der Waals surface area (Å²) in [4.78, 5) is 17.4. The van der Waals surface area contributed by atoms with E-state index in [-0.39, 0.29) is 28.6 Å². The molecule has 1 atom stereocenters. The number of halogens is 4. The van der Waals surface area contributed by atoms with Gasteiger partial charge in [-0.15, -0.1) is 0 Å². The molecule has 2 aliphatic rings. The molecule has 0 fully saturated rings. The molecular weight excluding hydrogens is 491 g/mol. The third kappa shape index (κ3) is 6.29. The van der Waals surface area contributed by atoms with E-state index in [4.69, 9.17) is 16.4 Å². The Morgan fingerprint density at radius 2 is 2.11 bits per heavy atom. The lowest BCUT2D eigenvalue weighted by molar-refractivity contribution is -0.251. The number of amides is 1. The molecule has 0 bridgehead atoms. The summed E-state index contributed by atoms with van der Waals surface area (Å²) in [5.74, 6) is -0.275. The SMILES string of the molecule is C=CC(=C/C(C)=C\CC)C1(C(F)(F)F)CC(c2ccc(Cl)c(NNC(=O)CC3=CCCC=C3)c2)=NO1. The van der Waals surface area contributed by atoms with Gasteiger partial charge in [-0.3, -0.25) is 15.6 Å². The third-order valence-corrected chi connectivity index (χ3v) is 6.18. The van der Waals surface area contributed by atoms with Gasteiger partial charge in [0.05, 0.1) is 22.8 Å². The Balaban J connectivity index is 1.80. The van der Waals surface area contributed by atoms with Crippen LogP contribution in [0, 0.1) is 0 Å². The number of nitrogens with one attached hydrogen (secondary N) is 2. The van der Waals surface area contributed by atoms with Crippen molar-refractivity contribution in [3.8, 4) is 0 Å². The second-order valence-electron chi connectivity index (χ2n) is 8.59. The van der Waals surface area contributed by atoms with Crippen LogP contribution >= 0.6 is 11.6 Å². The first kappa shape index (κ1) is 27.3. The van der Waals surface area contributed by atoms with Crippen LogP contribution in [0.3, 0.4) is 0 Å². The van der Waals surface area contributed by atoms with E-state index < -0.39 is 18.2 Å². The average Bonchev–Trinajstić information content (AvgIpc) is 3.30. The quantitative estimate of drug-likeness (QED) is 0.265. The van der Waals surface area contributed by atoms with Gasteiger partial charge in [-0.1, -0.05) is 78.4 Å². The molecule has 1 amide bonds. The maximum absolute atomic E-state index is 14.3. The zero-order chi connectivity index (χ0) is 26.3. The number of nitrogens with zero attached hydrogens (tertiary/aromatic N) is 1. The number of hydrazine groups is 1. The summed E-state index contributed by atoms with van der Waals surface area (Å²) in [6, 6.07) is 4.60. The highest BCUT2D eigenvalue weighted by atomic mass is 35.5. The summed E-state index contributed by atoms with van der Waals surface area (Å²) in [6.07, 6.45) is 7.75. The third-order valence-electron chi connectivity index (χ3n) is 5.85. The van der Waals surface area contributed by atoms with Crippen LogP contribution in [-0.4, -0.2) is 23.4 Å².